The van der Waals surface area contributed by atoms with E-state index in [1.54, 1.807) is 6.26 Å². The Morgan fingerprint density at radius 3 is 2.04 bits per heavy atom. The summed E-state index contributed by atoms with van der Waals surface area (Å²) in [6, 6.07) is 0. The van der Waals surface area contributed by atoms with Crippen LogP contribution >= 0.6 is 0 Å². The molecule has 0 aliphatic rings. The van der Waals surface area contributed by atoms with Crippen molar-refractivity contribution in [2.75, 3.05) is 26.6 Å². The topological polar surface area (TPSA) is 36.9 Å². The van der Waals surface area contributed by atoms with Crippen LogP contribution in [0.4, 0.5) is 0 Å². The van der Waals surface area contributed by atoms with E-state index in [0.717, 1.165) is 64.8 Å². The molecular formula is C19H38O4. The average molecular weight is 331 g/mol. The van der Waals surface area contributed by atoms with Crippen molar-refractivity contribution < 1.29 is 18.9 Å². The van der Waals surface area contributed by atoms with Crippen LogP contribution in [0.5, 0.6) is 0 Å². The number of rotatable bonds is 18. The Morgan fingerprint density at radius 2 is 1.43 bits per heavy atom. The Morgan fingerprint density at radius 1 is 0.783 bits per heavy atom. The third kappa shape index (κ3) is 17.6. The molecule has 0 N–H and O–H groups in total. The van der Waals surface area contributed by atoms with Crippen molar-refractivity contribution in [3.63, 3.8) is 0 Å². The molecule has 4 nitrogen and oxygen atoms in total. The molecule has 138 valence electrons. The molecule has 0 rings (SSSR count). The smallest absolute Gasteiger partial charge is 0.188 e. The summed E-state index contributed by atoms with van der Waals surface area (Å²) in [5.74, 6) is 0. The van der Waals surface area contributed by atoms with Gasteiger partial charge >= 0.3 is 0 Å². The van der Waals surface area contributed by atoms with Gasteiger partial charge in [-0.05, 0) is 31.8 Å². The van der Waals surface area contributed by atoms with Crippen molar-refractivity contribution in [2.45, 2.75) is 84.8 Å². The van der Waals surface area contributed by atoms with E-state index < -0.39 is 0 Å². The van der Waals surface area contributed by atoms with E-state index in [2.05, 4.69) is 20.8 Å². The van der Waals surface area contributed by atoms with Gasteiger partial charge in [0.05, 0.1) is 12.9 Å². The molecule has 0 saturated carbocycles. The first kappa shape index (κ1) is 22.4. The number of ether oxygens (including phenoxy) is 4. The number of hydrogen-bond donors (Lipinski definition) is 0. The van der Waals surface area contributed by atoms with E-state index >= 15 is 0 Å². The van der Waals surface area contributed by atoms with E-state index in [9.17, 15) is 0 Å². The van der Waals surface area contributed by atoms with Crippen LogP contribution in [0.15, 0.2) is 12.3 Å². The van der Waals surface area contributed by atoms with Gasteiger partial charge in [-0.2, -0.15) is 0 Å². The first-order valence-electron chi connectivity index (χ1n) is 9.42. The summed E-state index contributed by atoms with van der Waals surface area (Å²) in [7, 11) is 0. The molecule has 0 aliphatic carbocycles. The minimum Gasteiger partial charge on any atom is -0.475 e. The molecule has 0 radical (unpaired) electrons. The van der Waals surface area contributed by atoms with Gasteiger partial charge in [-0.25, -0.2) is 0 Å². The molecule has 0 fully saturated rings. The second kappa shape index (κ2) is 19.5. The molecule has 0 amide bonds. The van der Waals surface area contributed by atoms with Gasteiger partial charge < -0.3 is 18.9 Å². The lowest BCUT2D eigenvalue weighted by Crippen LogP contribution is -2.18. The second-order valence-electron chi connectivity index (χ2n) is 5.73. The average Bonchev–Trinajstić information content (AvgIpc) is 2.56. The fraction of sp³-hybridized carbons (Fsp3) is 0.895. The second-order valence-corrected chi connectivity index (χ2v) is 5.73. The highest BCUT2D eigenvalue weighted by Gasteiger charge is 2.07. The minimum atomic E-state index is -0.0944. The molecule has 0 aromatic carbocycles. The lowest BCUT2D eigenvalue weighted by molar-refractivity contribution is -0.146. The molecule has 0 aliphatic heterocycles. The van der Waals surface area contributed by atoms with Crippen LogP contribution in [0.2, 0.25) is 0 Å². The maximum absolute atomic E-state index is 5.79. The van der Waals surface area contributed by atoms with Gasteiger partial charge in [-0.1, -0.05) is 46.5 Å². The zero-order chi connectivity index (χ0) is 17.0. The van der Waals surface area contributed by atoms with Crippen molar-refractivity contribution in [1.82, 2.24) is 0 Å². The Hall–Kier alpha value is -0.580. The molecule has 0 aromatic rings. The highest BCUT2D eigenvalue weighted by atomic mass is 16.7. The quantitative estimate of drug-likeness (QED) is 0.191. The number of allylic oxidation sites excluding steroid dienone is 1. The van der Waals surface area contributed by atoms with E-state index in [1.807, 2.05) is 6.08 Å². The van der Waals surface area contributed by atoms with Gasteiger partial charge in [0.2, 0.25) is 0 Å². The molecule has 23 heavy (non-hydrogen) atoms. The summed E-state index contributed by atoms with van der Waals surface area (Å²) >= 11 is 0. The fourth-order valence-electron chi connectivity index (χ4n) is 1.90. The van der Waals surface area contributed by atoms with Gasteiger partial charge in [0.25, 0.3) is 0 Å². The standard InChI is InChI=1S/C19H38O4/c1-4-7-11-14-20-18-21-15-12-10-13-19(22-16-8-5-2)23-17-9-6-3/h12,15,19H,4-11,13-14,16-18H2,1-3H3. The first-order chi connectivity index (χ1) is 11.3. The van der Waals surface area contributed by atoms with Gasteiger partial charge in [0.15, 0.2) is 13.1 Å². The molecule has 4 heteroatoms. The van der Waals surface area contributed by atoms with Gasteiger partial charge in [0.1, 0.15) is 0 Å². The molecule has 0 spiro atoms. The Bertz CT molecular complexity index is 234. The predicted molar refractivity (Wildman–Crippen MR) is 95.3 cm³/mol. The van der Waals surface area contributed by atoms with Crippen LogP contribution in [0.3, 0.4) is 0 Å². The van der Waals surface area contributed by atoms with Crippen LogP contribution in [-0.2, 0) is 18.9 Å². The van der Waals surface area contributed by atoms with Crippen LogP contribution in [0.25, 0.3) is 0 Å². The molecular weight excluding hydrogens is 292 g/mol. The SMILES string of the molecule is CCCCCOCOC=CCCC(OCCCC)OCCCC. The molecule has 0 aromatic heterocycles. The van der Waals surface area contributed by atoms with Crippen LogP contribution in [-0.4, -0.2) is 32.9 Å². The number of unbranched alkanes of at least 4 members (excludes halogenated alkanes) is 4. The van der Waals surface area contributed by atoms with Gasteiger partial charge in [-0.3, -0.25) is 0 Å². The maximum atomic E-state index is 5.79. The Balaban J connectivity index is 3.63. The normalized spacial score (nSPS) is 11.7. The van der Waals surface area contributed by atoms with Gasteiger partial charge in [0, 0.05) is 19.6 Å². The van der Waals surface area contributed by atoms with Crippen LogP contribution in [0, 0.1) is 0 Å². The molecule has 0 heterocycles. The van der Waals surface area contributed by atoms with E-state index in [1.165, 1.54) is 12.8 Å². The van der Waals surface area contributed by atoms with E-state index in [-0.39, 0.29) is 6.29 Å². The molecule has 0 atom stereocenters. The summed E-state index contributed by atoms with van der Waals surface area (Å²) in [4.78, 5) is 0. The zero-order valence-electron chi connectivity index (χ0n) is 15.6. The molecule has 0 bridgehead atoms. The van der Waals surface area contributed by atoms with Crippen LogP contribution in [0.1, 0.15) is 78.6 Å². The summed E-state index contributed by atoms with van der Waals surface area (Å²) in [6.45, 7) is 9.19. The van der Waals surface area contributed by atoms with Crippen molar-refractivity contribution in [3.05, 3.63) is 12.3 Å². The van der Waals surface area contributed by atoms with E-state index in [0.29, 0.717) is 6.79 Å². The number of hydrogen-bond acceptors (Lipinski definition) is 4. The first-order valence-corrected chi connectivity index (χ1v) is 9.42. The highest BCUT2D eigenvalue weighted by molar-refractivity contribution is 4.73. The fourth-order valence-corrected chi connectivity index (χ4v) is 1.90. The van der Waals surface area contributed by atoms with Crippen molar-refractivity contribution in [1.29, 1.82) is 0 Å². The van der Waals surface area contributed by atoms with Gasteiger partial charge in [-0.15, -0.1) is 0 Å². The summed E-state index contributed by atoms with van der Waals surface area (Å²) in [5, 5.41) is 0. The Kier molecular flexibility index (Phi) is 19.0. The van der Waals surface area contributed by atoms with Crippen molar-refractivity contribution in [2.24, 2.45) is 0 Å². The third-order valence-corrected chi connectivity index (χ3v) is 3.41. The lowest BCUT2D eigenvalue weighted by Gasteiger charge is -2.17. The third-order valence-electron chi connectivity index (χ3n) is 3.41. The minimum absolute atomic E-state index is 0.0944. The maximum Gasteiger partial charge on any atom is 0.188 e. The summed E-state index contributed by atoms with van der Waals surface area (Å²) in [5.41, 5.74) is 0. The molecule has 0 unspecified atom stereocenters. The van der Waals surface area contributed by atoms with Crippen molar-refractivity contribution in [3.8, 4) is 0 Å². The summed E-state index contributed by atoms with van der Waals surface area (Å²) < 4.78 is 22.3. The monoisotopic (exact) mass is 330 g/mol. The lowest BCUT2D eigenvalue weighted by atomic mass is 10.3. The van der Waals surface area contributed by atoms with Crippen LogP contribution < -0.4 is 0 Å². The molecule has 0 saturated heterocycles. The highest BCUT2D eigenvalue weighted by Crippen LogP contribution is 2.08. The van der Waals surface area contributed by atoms with Crippen molar-refractivity contribution >= 4 is 0 Å². The Labute approximate surface area is 143 Å². The zero-order valence-corrected chi connectivity index (χ0v) is 15.6. The summed E-state index contributed by atoms with van der Waals surface area (Å²) in [6.07, 6.45) is 13.4. The van der Waals surface area contributed by atoms with E-state index in [4.69, 9.17) is 18.9 Å². The largest absolute Gasteiger partial charge is 0.475 e. The predicted octanol–water partition coefficient (Wildman–Crippen LogP) is 5.42.